The van der Waals surface area contributed by atoms with E-state index in [2.05, 4.69) is 0 Å². The largest absolute Gasteiger partial charge is 0.386 e. The Hall–Kier alpha value is -0.480. The van der Waals surface area contributed by atoms with Crippen molar-refractivity contribution < 1.29 is 10.2 Å². The van der Waals surface area contributed by atoms with Crippen LogP contribution in [0.15, 0.2) is 24.3 Å². The molecule has 0 saturated carbocycles. The summed E-state index contributed by atoms with van der Waals surface area (Å²) in [5, 5.41) is 21.8. The van der Waals surface area contributed by atoms with E-state index in [9.17, 15) is 10.2 Å². The molecular formula is C18H18Cl4O2. The molecule has 0 bridgehead atoms. The van der Waals surface area contributed by atoms with E-state index in [1.54, 1.807) is 52.0 Å². The molecule has 24 heavy (non-hydrogen) atoms. The quantitative estimate of drug-likeness (QED) is 0.615. The van der Waals surface area contributed by atoms with Crippen molar-refractivity contribution in [3.8, 4) is 11.1 Å². The van der Waals surface area contributed by atoms with Gasteiger partial charge in [-0.1, -0.05) is 46.4 Å². The van der Waals surface area contributed by atoms with E-state index in [0.29, 0.717) is 42.3 Å². The Bertz CT molecular complexity index is 673. The van der Waals surface area contributed by atoms with Gasteiger partial charge in [0.2, 0.25) is 0 Å². The van der Waals surface area contributed by atoms with Crippen LogP contribution in [0.1, 0.15) is 38.8 Å². The van der Waals surface area contributed by atoms with E-state index in [0.717, 1.165) is 0 Å². The van der Waals surface area contributed by atoms with E-state index in [1.165, 1.54) is 0 Å². The Morgan fingerprint density at radius 3 is 0.958 bits per heavy atom. The standard InChI is InChI=1S/C18H18Cl4O2/c1-17(2,23)15-11(19)5-9(6-12(15)20)10-7-13(21)16(14(22)8-10)18(3,4)24/h5-8,23-24H,1-4H3. The second-order valence-electron chi connectivity index (χ2n) is 6.75. The van der Waals surface area contributed by atoms with Gasteiger partial charge in [-0.2, -0.15) is 0 Å². The maximum atomic E-state index is 10.2. The van der Waals surface area contributed by atoms with Gasteiger partial charge >= 0.3 is 0 Å². The normalized spacial score (nSPS) is 12.6. The first-order valence-electron chi connectivity index (χ1n) is 7.26. The van der Waals surface area contributed by atoms with Crippen LogP contribution in [-0.4, -0.2) is 10.2 Å². The number of halogens is 4. The molecule has 6 heteroatoms. The molecular weight excluding hydrogens is 390 g/mol. The summed E-state index contributed by atoms with van der Waals surface area (Å²) in [6, 6.07) is 6.80. The SMILES string of the molecule is CC(C)(O)c1c(Cl)cc(-c2cc(Cl)c(C(C)(C)O)c(Cl)c2)cc1Cl. The molecule has 2 aromatic rings. The lowest BCUT2D eigenvalue weighted by atomic mass is 9.93. The average Bonchev–Trinajstić information content (AvgIpc) is 2.33. The van der Waals surface area contributed by atoms with Crippen LogP contribution < -0.4 is 0 Å². The van der Waals surface area contributed by atoms with Gasteiger partial charge < -0.3 is 10.2 Å². The van der Waals surface area contributed by atoms with E-state index in [4.69, 9.17) is 46.4 Å². The molecule has 0 radical (unpaired) electrons. The van der Waals surface area contributed by atoms with Crippen molar-refractivity contribution in [3.05, 3.63) is 55.5 Å². The first-order chi connectivity index (χ1) is 10.8. The molecule has 0 aliphatic heterocycles. The summed E-state index contributed by atoms with van der Waals surface area (Å²) in [6.45, 7) is 6.47. The third-order valence-corrected chi connectivity index (χ3v) is 4.83. The Morgan fingerprint density at radius 2 is 0.792 bits per heavy atom. The van der Waals surface area contributed by atoms with Crippen molar-refractivity contribution in [2.75, 3.05) is 0 Å². The first kappa shape index (κ1) is 19.8. The highest BCUT2D eigenvalue weighted by molar-refractivity contribution is 6.37. The lowest BCUT2D eigenvalue weighted by molar-refractivity contribution is 0.0782. The Balaban J connectivity index is 2.63. The predicted octanol–water partition coefficient (Wildman–Crippen LogP) is 6.42. The molecule has 0 spiro atoms. The van der Waals surface area contributed by atoms with Gasteiger partial charge in [-0.15, -0.1) is 0 Å². The molecule has 0 unspecified atom stereocenters. The van der Waals surface area contributed by atoms with Gasteiger partial charge in [0.15, 0.2) is 0 Å². The molecule has 0 aliphatic rings. The Morgan fingerprint density at radius 1 is 0.583 bits per heavy atom. The molecule has 2 N–H and O–H groups in total. The minimum Gasteiger partial charge on any atom is -0.386 e. The van der Waals surface area contributed by atoms with Crippen LogP contribution in [-0.2, 0) is 11.2 Å². The van der Waals surface area contributed by atoms with Gasteiger partial charge in [-0.05, 0) is 63.1 Å². The van der Waals surface area contributed by atoms with Crippen LogP contribution in [0.4, 0.5) is 0 Å². The van der Waals surface area contributed by atoms with Gasteiger partial charge in [0.25, 0.3) is 0 Å². The van der Waals surface area contributed by atoms with E-state index in [1.807, 2.05) is 0 Å². The van der Waals surface area contributed by atoms with Crippen molar-refractivity contribution in [3.63, 3.8) is 0 Å². The van der Waals surface area contributed by atoms with E-state index < -0.39 is 11.2 Å². The van der Waals surface area contributed by atoms with Crippen molar-refractivity contribution in [1.82, 2.24) is 0 Å². The lowest BCUT2D eigenvalue weighted by Gasteiger charge is -2.23. The molecule has 0 aromatic heterocycles. The molecule has 0 fully saturated rings. The molecule has 2 aromatic carbocycles. The minimum atomic E-state index is -1.16. The van der Waals surface area contributed by atoms with Crippen molar-refractivity contribution in [2.45, 2.75) is 38.9 Å². The van der Waals surface area contributed by atoms with Crippen molar-refractivity contribution >= 4 is 46.4 Å². The van der Waals surface area contributed by atoms with Crippen molar-refractivity contribution in [1.29, 1.82) is 0 Å². The minimum absolute atomic E-state index is 0.351. The van der Waals surface area contributed by atoms with Gasteiger partial charge in [0.05, 0.1) is 11.2 Å². The second kappa shape index (κ2) is 6.68. The molecule has 0 amide bonds. The maximum absolute atomic E-state index is 10.2. The third kappa shape index (κ3) is 4.01. The lowest BCUT2D eigenvalue weighted by Crippen LogP contribution is -2.17. The van der Waals surface area contributed by atoms with Crippen LogP contribution in [0.2, 0.25) is 20.1 Å². The Labute approximate surface area is 161 Å². The average molecular weight is 408 g/mol. The van der Waals surface area contributed by atoms with Crippen molar-refractivity contribution in [2.24, 2.45) is 0 Å². The first-order valence-corrected chi connectivity index (χ1v) is 8.77. The highest BCUT2D eigenvalue weighted by Gasteiger charge is 2.26. The number of hydrogen-bond acceptors (Lipinski definition) is 2. The number of aliphatic hydroxyl groups is 2. The zero-order chi connectivity index (χ0) is 18.4. The van der Waals surface area contributed by atoms with Crippen LogP contribution >= 0.6 is 46.4 Å². The number of benzene rings is 2. The second-order valence-corrected chi connectivity index (χ2v) is 8.38. The molecule has 0 heterocycles. The smallest absolute Gasteiger partial charge is 0.0869 e. The van der Waals surface area contributed by atoms with Gasteiger partial charge in [-0.3, -0.25) is 0 Å². The summed E-state index contributed by atoms with van der Waals surface area (Å²) >= 11 is 25.2. The van der Waals surface area contributed by atoms with Crippen LogP contribution in [0.5, 0.6) is 0 Å². The fourth-order valence-corrected chi connectivity index (χ4v) is 4.55. The van der Waals surface area contributed by atoms with Gasteiger partial charge in [0, 0.05) is 31.2 Å². The molecule has 130 valence electrons. The zero-order valence-electron chi connectivity index (χ0n) is 13.7. The monoisotopic (exact) mass is 406 g/mol. The van der Waals surface area contributed by atoms with E-state index >= 15 is 0 Å². The highest BCUT2D eigenvalue weighted by atomic mass is 35.5. The number of rotatable bonds is 3. The van der Waals surface area contributed by atoms with Gasteiger partial charge in [0.1, 0.15) is 0 Å². The third-order valence-electron chi connectivity index (χ3n) is 3.64. The molecule has 0 atom stereocenters. The molecule has 0 aliphatic carbocycles. The topological polar surface area (TPSA) is 40.5 Å². The van der Waals surface area contributed by atoms with E-state index in [-0.39, 0.29) is 0 Å². The fraction of sp³-hybridized carbons (Fsp3) is 0.333. The summed E-state index contributed by atoms with van der Waals surface area (Å²) in [4.78, 5) is 0. The summed E-state index contributed by atoms with van der Waals surface area (Å²) in [5.41, 5.74) is 0.0208. The summed E-state index contributed by atoms with van der Waals surface area (Å²) < 4.78 is 0. The maximum Gasteiger partial charge on any atom is 0.0869 e. The fourth-order valence-electron chi connectivity index (χ4n) is 2.65. The summed E-state index contributed by atoms with van der Waals surface area (Å²) in [6.07, 6.45) is 0. The molecule has 0 saturated heterocycles. The highest BCUT2D eigenvalue weighted by Crippen LogP contribution is 2.41. The van der Waals surface area contributed by atoms with Crippen LogP contribution in [0.25, 0.3) is 11.1 Å². The molecule has 2 nitrogen and oxygen atoms in total. The Kier molecular flexibility index (Phi) is 5.52. The zero-order valence-corrected chi connectivity index (χ0v) is 16.7. The van der Waals surface area contributed by atoms with Crippen LogP contribution in [0.3, 0.4) is 0 Å². The van der Waals surface area contributed by atoms with Gasteiger partial charge in [-0.25, -0.2) is 0 Å². The summed E-state index contributed by atoms with van der Waals surface area (Å²) in [5.74, 6) is 0. The predicted molar refractivity (Wildman–Crippen MR) is 102 cm³/mol. The number of hydrogen-bond donors (Lipinski definition) is 2. The molecule has 2 rings (SSSR count). The summed E-state index contributed by atoms with van der Waals surface area (Å²) in [7, 11) is 0. The van der Waals surface area contributed by atoms with Crippen LogP contribution in [0, 0.1) is 0 Å².